The molecule has 0 aromatic heterocycles. The molecule has 2 fully saturated rings. The topological polar surface area (TPSA) is 15.3 Å². The third kappa shape index (κ3) is 2.80. The second-order valence-corrected chi connectivity index (χ2v) is 6.35. The van der Waals surface area contributed by atoms with E-state index in [4.69, 9.17) is 0 Å². The van der Waals surface area contributed by atoms with E-state index in [1.807, 2.05) is 0 Å². The van der Waals surface area contributed by atoms with E-state index in [2.05, 4.69) is 36.7 Å². The molecule has 104 valence electrons. The Balaban J connectivity index is 2.06. The van der Waals surface area contributed by atoms with Gasteiger partial charge in [0, 0.05) is 31.2 Å². The average Bonchev–Trinajstić information content (AvgIpc) is 2.42. The van der Waals surface area contributed by atoms with Crippen LogP contribution in [-0.2, 0) is 0 Å². The van der Waals surface area contributed by atoms with E-state index >= 15 is 0 Å². The molecule has 2 heteroatoms. The summed E-state index contributed by atoms with van der Waals surface area (Å²) in [6, 6.07) is 0.669. The summed E-state index contributed by atoms with van der Waals surface area (Å²) < 4.78 is 0. The molecule has 1 heterocycles. The maximum Gasteiger partial charge on any atom is 0.0338 e. The van der Waals surface area contributed by atoms with Crippen LogP contribution in [0.2, 0.25) is 0 Å². The molecule has 0 aromatic carbocycles. The lowest BCUT2D eigenvalue weighted by Gasteiger charge is -2.52. The first kappa shape index (κ1) is 14.1. The van der Waals surface area contributed by atoms with Crippen LogP contribution in [0.1, 0.15) is 52.4 Å². The van der Waals surface area contributed by atoms with Gasteiger partial charge in [0.2, 0.25) is 0 Å². The second kappa shape index (κ2) is 6.21. The SMILES string of the molecule is C=CCN1CC(C(C)CC)NCC12CCCCC2. The van der Waals surface area contributed by atoms with Crippen LogP contribution in [0.5, 0.6) is 0 Å². The number of rotatable bonds is 4. The molecule has 0 radical (unpaired) electrons. The van der Waals surface area contributed by atoms with Crippen LogP contribution in [0.25, 0.3) is 0 Å². The third-order valence-corrected chi connectivity index (χ3v) is 5.25. The van der Waals surface area contributed by atoms with E-state index in [1.165, 1.54) is 51.6 Å². The van der Waals surface area contributed by atoms with Crippen molar-refractivity contribution in [3.8, 4) is 0 Å². The van der Waals surface area contributed by atoms with E-state index in [1.54, 1.807) is 0 Å². The fourth-order valence-corrected chi connectivity index (χ4v) is 3.72. The summed E-state index contributed by atoms with van der Waals surface area (Å²) in [4.78, 5) is 2.73. The number of nitrogens with one attached hydrogen (secondary N) is 1. The van der Waals surface area contributed by atoms with Crippen LogP contribution in [0.15, 0.2) is 12.7 Å². The number of hydrogen-bond acceptors (Lipinski definition) is 2. The maximum absolute atomic E-state index is 3.96. The monoisotopic (exact) mass is 250 g/mol. The van der Waals surface area contributed by atoms with Crippen molar-refractivity contribution in [3.63, 3.8) is 0 Å². The van der Waals surface area contributed by atoms with Gasteiger partial charge < -0.3 is 5.32 Å². The van der Waals surface area contributed by atoms with Gasteiger partial charge in [-0.2, -0.15) is 0 Å². The standard InChI is InChI=1S/C16H30N2/c1-4-11-18-12-15(14(3)5-2)17-13-16(18)9-7-6-8-10-16/h4,14-15,17H,1,5-13H2,2-3H3. The van der Waals surface area contributed by atoms with E-state index < -0.39 is 0 Å². The van der Waals surface area contributed by atoms with Crippen LogP contribution in [-0.4, -0.2) is 36.1 Å². The van der Waals surface area contributed by atoms with Crippen LogP contribution < -0.4 is 5.32 Å². The van der Waals surface area contributed by atoms with E-state index in [0.29, 0.717) is 11.6 Å². The second-order valence-electron chi connectivity index (χ2n) is 6.35. The van der Waals surface area contributed by atoms with Gasteiger partial charge in [-0.15, -0.1) is 6.58 Å². The lowest BCUT2D eigenvalue weighted by Crippen LogP contribution is -2.66. The molecule has 0 amide bonds. The summed E-state index contributed by atoms with van der Waals surface area (Å²) in [6.07, 6.45) is 10.4. The summed E-state index contributed by atoms with van der Waals surface area (Å²) in [5, 5.41) is 3.84. The molecule has 0 aromatic rings. The summed E-state index contributed by atoms with van der Waals surface area (Å²) in [6.45, 7) is 12.1. The van der Waals surface area contributed by atoms with Crippen molar-refractivity contribution in [2.75, 3.05) is 19.6 Å². The summed E-state index contributed by atoms with van der Waals surface area (Å²) >= 11 is 0. The van der Waals surface area contributed by atoms with E-state index in [-0.39, 0.29) is 0 Å². The third-order valence-electron chi connectivity index (χ3n) is 5.25. The normalized spacial score (nSPS) is 30.2. The van der Waals surface area contributed by atoms with Crippen molar-refractivity contribution >= 4 is 0 Å². The Labute approximate surface area is 113 Å². The highest BCUT2D eigenvalue weighted by molar-refractivity contribution is 5.02. The average molecular weight is 250 g/mol. The lowest BCUT2D eigenvalue weighted by atomic mass is 9.77. The molecular formula is C16H30N2. The van der Waals surface area contributed by atoms with E-state index in [9.17, 15) is 0 Å². The first-order valence-corrected chi connectivity index (χ1v) is 7.81. The van der Waals surface area contributed by atoms with Crippen molar-refractivity contribution in [1.29, 1.82) is 0 Å². The first-order chi connectivity index (χ1) is 8.72. The molecular weight excluding hydrogens is 220 g/mol. The van der Waals surface area contributed by atoms with Crippen molar-refractivity contribution < 1.29 is 0 Å². The molecule has 1 spiro atoms. The molecule has 1 saturated carbocycles. The molecule has 2 unspecified atom stereocenters. The van der Waals surface area contributed by atoms with Gasteiger partial charge in [0.25, 0.3) is 0 Å². The van der Waals surface area contributed by atoms with Crippen LogP contribution >= 0.6 is 0 Å². The zero-order chi connectivity index (χ0) is 13.0. The number of hydrogen-bond donors (Lipinski definition) is 1. The zero-order valence-electron chi connectivity index (χ0n) is 12.3. The molecule has 1 aliphatic carbocycles. The fourth-order valence-electron chi connectivity index (χ4n) is 3.72. The lowest BCUT2D eigenvalue weighted by molar-refractivity contribution is 0.00946. The summed E-state index contributed by atoms with van der Waals surface area (Å²) in [7, 11) is 0. The quantitative estimate of drug-likeness (QED) is 0.771. The first-order valence-electron chi connectivity index (χ1n) is 7.81. The fraction of sp³-hybridized carbons (Fsp3) is 0.875. The zero-order valence-corrected chi connectivity index (χ0v) is 12.3. The molecule has 0 bridgehead atoms. The van der Waals surface area contributed by atoms with Gasteiger partial charge in [-0.1, -0.05) is 45.6 Å². The molecule has 1 aliphatic heterocycles. The van der Waals surface area contributed by atoms with Gasteiger partial charge in [-0.25, -0.2) is 0 Å². The Kier molecular flexibility index (Phi) is 4.85. The van der Waals surface area contributed by atoms with Crippen molar-refractivity contribution in [2.45, 2.75) is 64.0 Å². The van der Waals surface area contributed by atoms with Gasteiger partial charge in [0.1, 0.15) is 0 Å². The van der Waals surface area contributed by atoms with Crippen molar-refractivity contribution in [2.24, 2.45) is 5.92 Å². The van der Waals surface area contributed by atoms with Crippen LogP contribution in [0, 0.1) is 5.92 Å². The molecule has 2 nitrogen and oxygen atoms in total. The largest absolute Gasteiger partial charge is 0.311 e. The van der Waals surface area contributed by atoms with Crippen molar-refractivity contribution in [3.05, 3.63) is 12.7 Å². The number of piperazine rings is 1. The van der Waals surface area contributed by atoms with Gasteiger partial charge in [-0.3, -0.25) is 4.90 Å². The van der Waals surface area contributed by atoms with E-state index in [0.717, 1.165) is 12.5 Å². The molecule has 2 rings (SSSR count). The smallest absolute Gasteiger partial charge is 0.0338 e. The minimum Gasteiger partial charge on any atom is -0.311 e. The predicted molar refractivity (Wildman–Crippen MR) is 78.8 cm³/mol. The summed E-state index contributed by atoms with van der Waals surface area (Å²) in [5.41, 5.74) is 0.441. The minimum atomic E-state index is 0.441. The van der Waals surface area contributed by atoms with Gasteiger partial charge in [-0.05, 0) is 18.8 Å². The highest BCUT2D eigenvalue weighted by Gasteiger charge is 2.42. The molecule has 1 N–H and O–H groups in total. The van der Waals surface area contributed by atoms with Crippen LogP contribution in [0.4, 0.5) is 0 Å². The summed E-state index contributed by atoms with van der Waals surface area (Å²) in [5.74, 6) is 0.776. The maximum atomic E-state index is 3.96. The van der Waals surface area contributed by atoms with Gasteiger partial charge in [0.05, 0.1) is 0 Å². The Hall–Kier alpha value is -0.340. The Morgan fingerprint density at radius 2 is 2.11 bits per heavy atom. The highest BCUT2D eigenvalue weighted by Crippen LogP contribution is 2.36. The molecule has 2 atom stereocenters. The minimum absolute atomic E-state index is 0.441. The Morgan fingerprint density at radius 3 is 2.72 bits per heavy atom. The van der Waals surface area contributed by atoms with Crippen LogP contribution in [0.3, 0.4) is 0 Å². The molecule has 18 heavy (non-hydrogen) atoms. The molecule has 2 aliphatic rings. The van der Waals surface area contributed by atoms with Gasteiger partial charge >= 0.3 is 0 Å². The predicted octanol–water partition coefficient (Wildman–Crippen LogP) is 3.20. The molecule has 1 saturated heterocycles. The number of nitrogens with zero attached hydrogens (tertiary/aromatic N) is 1. The highest BCUT2D eigenvalue weighted by atomic mass is 15.3. The Morgan fingerprint density at radius 1 is 1.39 bits per heavy atom. The van der Waals surface area contributed by atoms with Gasteiger partial charge in [0.15, 0.2) is 0 Å². The Bertz CT molecular complexity index is 268. The van der Waals surface area contributed by atoms with Crippen molar-refractivity contribution in [1.82, 2.24) is 10.2 Å².